The molecule has 90 valence electrons. The minimum Gasteiger partial charge on any atom is -0.399 e. The normalized spacial score (nSPS) is 12.6. The first kappa shape index (κ1) is 11.7. The number of hydrogen-bond donors (Lipinski definition) is 2. The zero-order valence-corrected chi connectivity index (χ0v) is 10.1. The van der Waals surface area contributed by atoms with Gasteiger partial charge in [-0.05, 0) is 31.2 Å². The average molecular weight is 231 g/mol. The van der Waals surface area contributed by atoms with Gasteiger partial charge in [-0.1, -0.05) is 0 Å². The van der Waals surface area contributed by atoms with Gasteiger partial charge in [-0.2, -0.15) is 0 Å². The van der Waals surface area contributed by atoms with Crippen molar-refractivity contribution in [3.05, 3.63) is 30.5 Å². The molecular weight excluding hydrogens is 214 g/mol. The molecule has 0 amide bonds. The molecule has 1 atom stereocenters. The fourth-order valence-electron chi connectivity index (χ4n) is 1.82. The topological polar surface area (TPSA) is 62.4 Å². The van der Waals surface area contributed by atoms with Gasteiger partial charge in [0.05, 0.1) is 12.1 Å². The van der Waals surface area contributed by atoms with Gasteiger partial charge in [0, 0.05) is 36.0 Å². The molecule has 0 spiro atoms. The summed E-state index contributed by atoms with van der Waals surface area (Å²) >= 11 is 0. The van der Waals surface area contributed by atoms with E-state index < -0.39 is 0 Å². The third-order valence-corrected chi connectivity index (χ3v) is 3.05. The van der Waals surface area contributed by atoms with E-state index in [1.165, 1.54) is 0 Å². The van der Waals surface area contributed by atoms with Crippen molar-refractivity contribution in [3.63, 3.8) is 0 Å². The van der Waals surface area contributed by atoms with Crippen molar-refractivity contribution < 1.29 is 5.11 Å². The van der Waals surface area contributed by atoms with E-state index in [2.05, 4.69) is 4.98 Å². The number of aromatic nitrogens is 1. The Kier molecular flexibility index (Phi) is 3.15. The minimum absolute atomic E-state index is 0.0677. The van der Waals surface area contributed by atoms with Crippen LogP contribution in [0.5, 0.6) is 0 Å². The third kappa shape index (κ3) is 2.17. The number of aliphatic hydroxyl groups excluding tert-OH is 1. The standard InChI is InChI=1S/C13H17N3O/c1-9(8-17)16(2)13-5-6-15-12-7-10(14)3-4-11(12)13/h3-7,9,17H,8,14H2,1-2H3. The molecule has 17 heavy (non-hydrogen) atoms. The smallest absolute Gasteiger partial charge is 0.0743 e. The van der Waals surface area contributed by atoms with Gasteiger partial charge in [-0.3, -0.25) is 4.98 Å². The summed E-state index contributed by atoms with van der Waals surface area (Å²) in [4.78, 5) is 6.34. The molecule has 1 heterocycles. The number of nitrogens with zero attached hydrogens (tertiary/aromatic N) is 2. The number of aliphatic hydroxyl groups is 1. The zero-order chi connectivity index (χ0) is 12.4. The highest BCUT2D eigenvalue weighted by Gasteiger charge is 2.12. The van der Waals surface area contributed by atoms with Crippen LogP contribution < -0.4 is 10.6 Å². The lowest BCUT2D eigenvalue weighted by Crippen LogP contribution is -2.31. The van der Waals surface area contributed by atoms with Crippen LogP contribution in [-0.2, 0) is 0 Å². The van der Waals surface area contributed by atoms with E-state index >= 15 is 0 Å². The summed E-state index contributed by atoms with van der Waals surface area (Å²) in [6.45, 7) is 2.10. The summed E-state index contributed by atoms with van der Waals surface area (Å²) in [6, 6.07) is 7.71. The Labute approximate surface area is 101 Å². The molecule has 0 fully saturated rings. The third-order valence-electron chi connectivity index (χ3n) is 3.05. The predicted molar refractivity (Wildman–Crippen MR) is 71.1 cm³/mol. The van der Waals surface area contributed by atoms with Crippen LogP contribution in [0, 0.1) is 0 Å². The van der Waals surface area contributed by atoms with E-state index in [-0.39, 0.29) is 12.6 Å². The Morgan fingerprint density at radius 2 is 2.18 bits per heavy atom. The second-order valence-electron chi connectivity index (χ2n) is 4.25. The van der Waals surface area contributed by atoms with Crippen molar-refractivity contribution in [2.45, 2.75) is 13.0 Å². The van der Waals surface area contributed by atoms with Crippen LogP contribution >= 0.6 is 0 Å². The molecule has 1 unspecified atom stereocenters. The van der Waals surface area contributed by atoms with Gasteiger partial charge in [-0.15, -0.1) is 0 Å². The van der Waals surface area contributed by atoms with Gasteiger partial charge < -0.3 is 15.7 Å². The van der Waals surface area contributed by atoms with Crippen LogP contribution in [0.1, 0.15) is 6.92 Å². The lowest BCUT2D eigenvalue weighted by Gasteiger charge is -2.26. The highest BCUT2D eigenvalue weighted by Crippen LogP contribution is 2.26. The Bertz CT molecular complexity index is 527. The molecule has 1 aromatic carbocycles. The van der Waals surface area contributed by atoms with Crippen molar-refractivity contribution in [2.75, 3.05) is 24.3 Å². The first-order valence-electron chi connectivity index (χ1n) is 5.61. The van der Waals surface area contributed by atoms with E-state index in [0.29, 0.717) is 5.69 Å². The Morgan fingerprint density at radius 3 is 2.88 bits per heavy atom. The van der Waals surface area contributed by atoms with Crippen LogP contribution in [-0.4, -0.2) is 29.8 Å². The highest BCUT2D eigenvalue weighted by molar-refractivity contribution is 5.93. The van der Waals surface area contributed by atoms with Crippen molar-refractivity contribution in [1.29, 1.82) is 0 Å². The molecule has 0 saturated carbocycles. The van der Waals surface area contributed by atoms with Crippen LogP contribution in [0.4, 0.5) is 11.4 Å². The van der Waals surface area contributed by atoms with Gasteiger partial charge in [-0.25, -0.2) is 0 Å². The number of anilines is 2. The average Bonchev–Trinajstić information content (AvgIpc) is 2.35. The maximum absolute atomic E-state index is 9.21. The minimum atomic E-state index is 0.0677. The first-order valence-corrected chi connectivity index (χ1v) is 5.61. The molecular formula is C13H17N3O. The van der Waals surface area contributed by atoms with Crippen LogP contribution in [0.2, 0.25) is 0 Å². The van der Waals surface area contributed by atoms with Gasteiger partial charge >= 0.3 is 0 Å². The number of fused-ring (bicyclic) bond motifs is 1. The van der Waals surface area contributed by atoms with E-state index in [4.69, 9.17) is 5.73 Å². The van der Waals surface area contributed by atoms with Crippen LogP contribution in [0.15, 0.2) is 30.5 Å². The molecule has 0 aliphatic heterocycles. The predicted octanol–water partition coefficient (Wildman–Crippen LogP) is 1.63. The Morgan fingerprint density at radius 1 is 1.41 bits per heavy atom. The molecule has 0 aliphatic carbocycles. The van der Waals surface area contributed by atoms with Crippen molar-refractivity contribution in [1.82, 2.24) is 4.98 Å². The van der Waals surface area contributed by atoms with Gasteiger partial charge in [0.25, 0.3) is 0 Å². The van der Waals surface area contributed by atoms with Crippen molar-refractivity contribution in [2.24, 2.45) is 0 Å². The molecule has 0 aliphatic rings. The summed E-state index contributed by atoms with van der Waals surface area (Å²) in [7, 11) is 1.96. The van der Waals surface area contributed by atoms with E-state index in [1.807, 2.05) is 43.1 Å². The fourth-order valence-corrected chi connectivity index (χ4v) is 1.82. The molecule has 0 radical (unpaired) electrons. The van der Waals surface area contributed by atoms with Gasteiger partial charge in [0.1, 0.15) is 0 Å². The number of pyridine rings is 1. The van der Waals surface area contributed by atoms with Gasteiger partial charge in [0.15, 0.2) is 0 Å². The van der Waals surface area contributed by atoms with Crippen molar-refractivity contribution in [3.8, 4) is 0 Å². The Balaban J connectivity index is 2.54. The lowest BCUT2D eigenvalue weighted by atomic mass is 10.1. The van der Waals surface area contributed by atoms with Crippen LogP contribution in [0.3, 0.4) is 0 Å². The number of hydrogen-bond acceptors (Lipinski definition) is 4. The summed E-state index contributed by atoms with van der Waals surface area (Å²) in [5, 5.41) is 10.3. The van der Waals surface area contributed by atoms with Crippen molar-refractivity contribution >= 4 is 22.3 Å². The lowest BCUT2D eigenvalue weighted by molar-refractivity contribution is 0.270. The molecule has 1 aromatic heterocycles. The molecule has 2 rings (SSSR count). The quantitative estimate of drug-likeness (QED) is 0.788. The van der Waals surface area contributed by atoms with Gasteiger partial charge in [0.2, 0.25) is 0 Å². The summed E-state index contributed by atoms with van der Waals surface area (Å²) in [5.41, 5.74) is 8.38. The fraction of sp³-hybridized carbons (Fsp3) is 0.308. The number of likely N-dealkylation sites (N-methyl/N-ethyl adjacent to an activating group) is 1. The molecule has 4 nitrogen and oxygen atoms in total. The molecule has 0 bridgehead atoms. The zero-order valence-electron chi connectivity index (χ0n) is 10.1. The second kappa shape index (κ2) is 4.59. The van der Waals surface area contributed by atoms with E-state index in [0.717, 1.165) is 16.6 Å². The first-order chi connectivity index (χ1) is 8.13. The van der Waals surface area contributed by atoms with E-state index in [9.17, 15) is 5.11 Å². The number of rotatable bonds is 3. The second-order valence-corrected chi connectivity index (χ2v) is 4.25. The molecule has 2 aromatic rings. The number of benzene rings is 1. The molecule has 4 heteroatoms. The maximum atomic E-state index is 9.21. The summed E-state index contributed by atoms with van der Waals surface area (Å²) in [6.07, 6.45) is 1.76. The largest absolute Gasteiger partial charge is 0.399 e. The number of nitrogen functional groups attached to an aromatic ring is 1. The highest BCUT2D eigenvalue weighted by atomic mass is 16.3. The molecule has 0 saturated heterocycles. The summed E-state index contributed by atoms with van der Waals surface area (Å²) in [5.74, 6) is 0. The number of nitrogens with two attached hydrogens (primary N) is 1. The monoisotopic (exact) mass is 231 g/mol. The Hall–Kier alpha value is -1.81. The van der Waals surface area contributed by atoms with Crippen LogP contribution in [0.25, 0.3) is 10.9 Å². The summed E-state index contributed by atoms with van der Waals surface area (Å²) < 4.78 is 0. The molecule has 3 N–H and O–H groups in total. The SMILES string of the molecule is CC(CO)N(C)c1ccnc2cc(N)ccc12. The maximum Gasteiger partial charge on any atom is 0.0743 e. The van der Waals surface area contributed by atoms with E-state index in [1.54, 1.807) is 6.20 Å².